The summed E-state index contributed by atoms with van der Waals surface area (Å²) in [5.41, 5.74) is 0.649. The van der Waals surface area contributed by atoms with Crippen molar-refractivity contribution in [2.75, 3.05) is 26.4 Å². The Hall–Kier alpha value is -2.39. The molecule has 2 fully saturated rings. The van der Waals surface area contributed by atoms with Crippen LogP contribution in [0.5, 0.6) is 0 Å². The number of aromatic nitrogens is 4. The Morgan fingerprint density at radius 2 is 1.96 bits per heavy atom. The number of fused-ring (bicyclic) bond motifs is 1. The fourth-order valence-corrected chi connectivity index (χ4v) is 3.31. The summed E-state index contributed by atoms with van der Waals surface area (Å²) in [4.78, 5) is 6.62. The van der Waals surface area contributed by atoms with Crippen LogP contribution in [0.25, 0.3) is 22.3 Å². The molecule has 3 aromatic heterocycles. The number of aromatic amines is 1. The molecule has 2 saturated heterocycles. The molecule has 1 N–H and O–H groups in total. The first kappa shape index (κ1) is 18.9. The van der Waals surface area contributed by atoms with Crippen LogP contribution in [0.2, 0.25) is 0 Å². The summed E-state index contributed by atoms with van der Waals surface area (Å²) >= 11 is 0. The first-order valence-electron chi connectivity index (χ1n) is 9.28. The van der Waals surface area contributed by atoms with Gasteiger partial charge in [0.05, 0.1) is 23.9 Å². The van der Waals surface area contributed by atoms with Gasteiger partial charge in [0, 0.05) is 49.4 Å². The lowest BCUT2D eigenvalue weighted by Gasteiger charge is -2.07. The number of pyridine rings is 1. The Labute approximate surface area is 159 Å². The molecule has 1 atom stereocenters. The van der Waals surface area contributed by atoms with Crippen molar-refractivity contribution in [3.8, 4) is 11.3 Å². The molecule has 0 amide bonds. The molecule has 2 aliphatic heterocycles. The van der Waals surface area contributed by atoms with Gasteiger partial charge in [0.25, 0.3) is 0 Å². The Kier molecular flexibility index (Phi) is 5.36. The van der Waals surface area contributed by atoms with Crippen LogP contribution in [0.15, 0.2) is 30.7 Å². The van der Waals surface area contributed by atoms with Gasteiger partial charge in [-0.05, 0) is 31.4 Å². The normalized spacial score (nSPS) is 19.8. The average molecular weight is 394 g/mol. The van der Waals surface area contributed by atoms with Crippen molar-refractivity contribution in [3.63, 3.8) is 0 Å². The number of rotatable bonds is 2. The lowest BCUT2D eigenvalue weighted by molar-refractivity contribution is -0.136. The minimum atomic E-state index is -4.42. The maximum Gasteiger partial charge on any atom is 0.418 e. The summed E-state index contributed by atoms with van der Waals surface area (Å²) in [6.45, 7) is 3.31. The first-order valence-corrected chi connectivity index (χ1v) is 9.28. The first-order chi connectivity index (χ1) is 13.5. The fraction of sp³-hybridized carbons (Fsp3) is 0.474. The van der Waals surface area contributed by atoms with E-state index in [-0.39, 0.29) is 17.1 Å². The molecule has 9 heteroatoms. The molecular weight excluding hydrogens is 373 g/mol. The van der Waals surface area contributed by atoms with E-state index in [4.69, 9.17) is 9.47 Å². The van der Waals surface area contributed by atoms with Crippen LogP contribution in [0, 0.1) is 0 Å². The third kappa shape index (κ3) is 4.05. The predicted molar refractivity (Wildman–Crippen MR) is 96.8 cm³/mol. The molecule has 28 heavy (non-hydrogen) atoms. The Morgan fingerprint density at radius 1 is 1.14 bits per heavy atom. The van der Waals surface area contributed by atoms with Crippen LogP contribution in [0.1, 0.15) is 30.9 Å². The van der Waals surface area contributed by atoms with Crippen molar-refractivity contribution in [2.45, 2.75) is 31.5 Å². The standard InChI is InChI=1S/C15H13F3N4O.C4H8O/c16-15(17,18)12-7-20-14-11(12)5-9(6-19-14)13-1-3-22(21-13)10-2-4-23-8-10;1-2-4-5-3-1/h1,3,5-7,10H,2,4,8H2,(H,19,20);1-4H2. The van der Waals surface area contributed by atoms with E-state index in [1.807, 2.05) is 6.20 Å². The van der Waals surface area contributed by atoms with Gasteiger partial charge in [0.15, 0.2) is 0 Å². The summed E-state index contributed by atoms with van der Waals surface area (Å²) in [6.07, 6.45) is 3.31. The number of nitrogens with zero attached hydrogens (tertiary/aromatic N) is 3. The molecule has 2 aliphatic rings. The number of hydrogen-bond acceptors (Lipinski definition) is 4. The summed E-state index contributed by atoms with van der Waals surface area (Å²) in [5, 5.41) is 4.50. The lowest BCUT2D eigenvalue weighted by atomic mass is 10.1. The zero-order chi connectivity index (χ0) is 19.6. The van der Waals surface area contributed by atoms with Crippen molar-refractivity contribution in [1.82, 2.24) is 19.7 Å². The van der Waals surface area contributed by atoms with Gasteiger partial charge in [-0.1, -0.05) is 0 Å². The quantitative estimate of drug-likeness (QED) is 0.707. The van der Waals surface area contributed by atoms with E-state index < -0.39 is 11.7 Å². The molecule has 0 bridgehead atoms. The van der Waals surface area contributed by atoms with E-state index >= 15 is 0 Å². The van der Waals surface area contributed by atoms with Crippen LogP contribution >= 0.6 is 0 Å². The second-order valence-corrected chi connectivity index (χ2v) is 6.84. The molecule has 0 spiro atoms. The van der Waals surface area contributed by atoms with Gasteiger partial charge >= 0.3 is 6.18 Å². The average Bonchev–Trinajstić information content (AvgIpc) is 3.49. The number of hydrogen-bond donors (Lipinski definition) is 1. The highest BCUT2D eigenvalue weighted by atomic mass is 19.4. The molecule has 5 heterocycles. The minimum absolute atomic E-state index is 0.0498. The molecule has 3 aromatic rings. The lowest BCUT2D eigenvalue weighted by Crippen LogP contribution is -2.09. The van der Waals surface area contributed by atoms with E-state index in [0.717, 1.165) is 25.8 Å². The molecule has 5 rings (SSSR count). The van der Waals surface area contributed by atoms with Crippen molar-refractivity contribution in [2.24, 2.45) is 0 Å². The Morgan fingerprint density at radius 3 is 2.61 bits per heavy atom. The predicted octanol–water partition coefficient (Wildman–Crippen LogP) is 4.20. The largest absolute Gasteiger partial charge is 0.418 e. The summed E-state index contributed by atoms with van der Waals surface area (Å²) < 4.78 is 51.1. The zero-order valence-corrected chi connectivity index (χ0v) is 15.2. The molecule has 0 radical (unpaired) electrons. The van der Waals surface area contributed by atoms with Crippen LogP contribution in [0.3, 0.4) is 0 Å². The highest BCUT2D eigenvalue weighted by Crippen LogP contribution is 2.35. The fourth-order valence-electron chi connectivity index (χ4n) is 3.31. The van der Waals surface area contributed by atoms with Gasteiger partial charge in [-0.2, -0.15) is 18.3 Å². The van der Waals surface area contributed by atoms with Crippen LogP contribution in [-0.4, -0.2) is 46.2 Å². The molecule has 0 aliphatic carbocycles. The van der Waals surface area contributed by atoms with Crippen LogP contribution < -0.4 is 0 Å². The van der Waals surface area contributed by atoms with E-state index in [1.165, 1.54) is 25.1 Å². The SMILES string of the molecule is C1CCOC1.FC(F)(F)c1c[nH]c2ncc(-c3ccn(C4CCOC4)n3)cc12. The highest BCUT2D eigenvalue weighted by Gasteiger charge is 2.34. The second-order valence-electron chi connectivity index (χ2n) is 6.84. The third-order valence-electron chi connectivity index (χ3n) is 4.85. The van der Waals surface area contributed by atoms with E-state index in [2.05, 4.69) is 15.1 Å². The topological polar surface area (TPSA) is 65.0 Å². The van der Waals surface area contributed by atoms with Gasteiger partial charge in [0.2, 0.25) is 0 Å². The summed E-state index contributed by atoms with van der Waals surface area (Å²) in [7, 11) is 0. The smallest absolute Gasteiger partial charge is 0.381 e. The molecule has 0 saturated carbocycles. The number of nitrogens with one attached hydrogen (secondary N) is 1. The second kappa shape index (κ2) is 7.92. The van der Waals surface area contributed by atoms with Gasteiger partial charge in [-0.15, -0.1) is 0 Å². The maximum absolute atomic E-state index is 13.0. The third-order valence-corrected chi connectivity index (χ3v) is 4.85. The maximum atomic E-state index is 13.0. The molecular formula is C19H21F3N4O2. The van der Waals surface area contributed by atoms with Gasteiger partial charge in [-0.25, -0.2) is 4.98 Å². The van der Waals surface area contributed by atoms with E-state index in [1.54, 1.807) is 10.7 Å². The number of halogens is 3. The molecule has 1 unspecified atom stereocenters. The van der Waals surface area contributed by atoms with Gasteiger partial charge in [-0.3, -0.25) is 4.68 Å². The Bertz CT molecular complexity index is 917. The van der Waals surface area contributed by atoms with Crippen molar-refractivity contribution >= 4 is 11.0 Å². The van der Waals surface area contributed by atoms with Crippen molar-refractivity contribution in [1.29, 1.82) is 0 Å². The van der Waals surface area contributed by atoms with Crippen molar-refractivity contribution in [3.05, 3.63) is 36.3 Å². The molecule has 6 nitrogen and oxygen atoms in total. The van der Waals surface area contributed by atoms with Crippen molar-refractivity contribution < 1.29 is 22.6 Å². The monoisotopic (exact) mass is 394 g/mol. The van der Waals surface area contributed by atoms with E-state index in [0.29, 0.717) is 24.5 Å². The van der Waals surface area contributed by atoms with E-state index in [9.17, 15) is 13.2 Å². The minimum Gasteiger partial charge on any atom is -0.381 e. The summed E-state index contributed by atoms with van der Waals surface area (Å²) in [6, 6.07) is 3.43. The number of H-pyrrole nitrogens is 1. The van der Waals surface area contributed by atoms with Gasteiger partial charge in [0.1, 0.15) is 5.65 Å². The van der Waals surface area contributed by atoms with Crippen LogP contribution in [0.4, 0.5) is 13.2 Å². The Balaban J connectivity index is 0.000000336. The van der Waals surface area contributed by atoms with Gasteiger partial charge < -0.3 is 14.5 Å². The molecule has 150 valence electrons. The molecule has 0 aromatic carbocycles. The summed E-state index contributed by atoms with van der Waals surface area (Å²) in [5.74, 6) is 0. The number of ether oxygens (including phenoxy) is 2. The highest BCUT2D eigenvalue weighted by molar-refractivity contribution is 5.84. The number of alkyl halides is 3. The zero-order valence-electron chi connectivity index (χ0n) is 15.2. The van der Waals surface area contributed by atoms with Crippen LogP contribution in [-0.2, 0) is 15.7 Å².